The van der Waals surface area contributed by atoms with Crippen molar-refractivity contribution in [1.29, 1.82) is 0 Å². The van der Waals surface area contributed by atoms with Gasteiger partial charge >= 0.3 is 0 Å². The minimum Gasteiger partial charge on any atom is -0.390 e. The fraction of sp³-hybridized carbons (Fsp3) is 0.0769. The van der Waals surface area contributed by atoms with Crippen molar-refractivity contribution in [2.45, 2.75) is 6.61 Å². The molecule has 3 rings (SSSR count). The van der Waals surface area contributed by atoms with Gasteiger partial charge in [-0.25, -0.2) is 0 Å². The molecule has 0 amide bonds. The van der Waals surface area contributed by atoms with E-state index in [9.17, 15) is 20.2 Å². The Morgan fingerprint density at radius 3 is 2.61 bits per heavy atom. The van der Waals surface area contributed by atoms with Crippen LogP contribution in [0.2, 0.25) is 0 Å². The summed E-state index contributed by atoms with van der Waals surface area (Å²) in [5, 5.41) is 29.5. The minimum atomic E-state index is -0.692. The monoisotopic (exact) mass is 315 g/mol. The van der Waals surface area contributed by atoms with Gasteiger partial charge in [-0.1, -0.05) is 17.0 Å². The van der Waals surface area contributed by atoms with Crippen LogP contribution in [0, 0.1) is 20.2 Å². The summed E-state index contributed by atoms with van der Waals surface area (Å²) in [5.74, 6) is 0. The van der Waals surface area contributed by atoms with Gasteiger partial charge in [-0.05, 0) is 23.4 Å². The third kappa shape index (κ3) is 2.77. The van der Waals surface area contributed by atoms with Gasteiger partial charge in [0.15, 0.2) is 0 Å². The maximum absolute atomic E-state index is 11.1. The molecule has 0 aliphatic rings. The van der Waals surface area contributed by atoms with Crippen molar-refractivity contribution in [2.24, 2.45) is 0 Å². The van der Waals surface area contributed by atoms with Crippen molar-refractivity contribution in [2.75, 3.05) is 0 Å². The smallest absolute Gasteiger partial charge is 0.283 e. The van der Waals surface area contributed by atoms with Crippen LogP contribution in [0.5, 0.6) is 0 Å². The summed E-state index contributed by atoms with van der Waals surface area (Å²) < 4.78 is 0. The van der Waals surface area contributed by atoms with E-state index in [1.165, 1.54) is 12.1 Å². The molecule has 3 aromatic rings. The van der Waals surface area contributed by atoms with E-state index in [1.54, 1.807) is 24.3 Å². The third-order valence-corrected chi connectivity index (χ3v) is 3.14. The van der Waals surface area contributed by atoms with Crippen LogP contribution in [-0.4, -0.2) is 25.0 Å². The molecule has 1 heterocycles. The van der Waals surface area contributed by atoms with Crippen LogP contribution in [0.25, 0.3) is 11.0 Å². The maximum atomic E-state index is 11.1. The first-order chi connectivity index (χ1) is 11.1. The molecule has 0 radical (unpaired) electrons. The van der Waals surface area contributed by atoms with Crippen molar-refractivity contribution in [3.8, 4) is 0 Å². The quantitative estimate of drug-likeness (QED) is 0.519. The summed E-state index contributed by atoms with van der Waals surface area (Å²) in [7, 11) is 0. The molecule has 23 heavy (non-hydrogen) atoms. The molecule has 0 spiro atoms. The van der Waals surface area contributed by atoms with Gasteiger partial charge in [0.25, 0.3) is 11.4 Å². The number of benzene rings is 2. The van der Waals surface area contributed by atoms with Crippen LogP contribution in [0.4, 0.5) is 11.4 Å². The van der Waals surface area contributed by atoms with Gasteiger partial charge in [0.2, 0.25) is 0 Å². The first kappa shape index (κ1) is 14.4. The average Bonchev–Trinajstić information content (AvgIpc) is 2.95. The lowest BCUT2D eigenvalue weighted by molar-refractivity contribution is -0.394. The van der Waals surface area contributed by atoms with Gasteiger partial charge in [-0.15, -0.1) is 5.10 Å². The number of hydrogen-bond acceptors (Lipinski definition) is 7. The lowest BCUT2D eigenvalue weighted by Gasteiger charge is -2.06. The van der Waals surface area contributed by atoms with E-state index in [0.29, 0.717) is 11.0 Å². The fourth-order valence-corrected chi connectivity index (χ4v) is 2.03. The molecular formula is C13H9N5O5. The molecule has 0 bridgehead atoms. The van der Waals surface area contributed by atoms with Crippen molar-refractivity contribution in [3.63, 3.8) is 0 Å². The number of non-ortho nitro benzene ring substituents is 1. The zero-order valence-electron chi connectivity index (χ0n) is 11.5. The zero-order valence-corrected chi connectivity index (χ0v) is 11.5. The largest absolute Gasteiger partial charge is 0.390 e. The number of fused-ring (bicyclic) bond motifs is 1. The van der Waals surface area contributed by atoms with Crippen molar-refractivity contribution in [1.82, 2.24) is 15.2 Å². The highest BCUT2D eigenvalue weighted by Gasteiger charge is 2.20. The molecule has 0 saturated heterocycles. The standard InChI is InChI=1S/C13H9N5O5/c19-17(20)10-6-5-9(13(7-10)18(21)22)8-23-16-12-4-2-1-3-11(12)14-15-16/h1-7H,8H2. The molecule has 0 aliphatic carbocycles. The predicted molar refractivity (Wildman–Crippen MR) is 77.6 cm³/mol. The second-order valence-electron chi connectivity index (χ2n) is 4.55. The predicted octanol–water partition coefficient (Wildman–Crippen LogP) is 1.88. The fourth-order valence-electron chi connectivity index (χ4n) is 2.03. The van der Waals surface area contributed by atoms with Gasteiger partial charge in [-0.3, -0.25) is 20.2 Å². The van der Waals surface area contributed by atoms with Crippen LogP contribution < -0.4 is 4.84 Å². The molecule has 0 saturated carbocycles. The second-order valence-corrected chi connectivity index (χ2v) is 4.55. The summed E-state index contributed by atoms with van der Waals surface area (Å²) >= 11 is 0. The van der Waals surface area contributed by atoms with Gasteiger partial charge in [0, 0.05) is 6.07 Å². The van der Waals surface area contributed by atoms with E-state index >= 15 is 0 Å². The lowest BCUT2D eigenvalue weighted by atomic mass is 10.2. The van der Waals surface area contributed by atoms with Crippen LogP contribution in [-0.2, 0) is 6.61 Å². The Labute approximate surface area is 128 Å². The average molecular weight is 315 g/mol. The highest BCUT2D eigenvalue weighted by molar-refractivity contribution is 5.73. The Hall–Kier alpha value is -3.56. The van der Waals surface area contributed by atoms with E-state index < -0.39 is 9.85 Å². The van der Waals surface area contributed by atoms with E-state index in [1.807, 2.05) is 0 Å². The van der Waals surface area contributed by atoms with Gasteiger partial charge in [0.1, 0.15) is 17.6 Å². The molecule has 0 aliphatic heterocycles. The normalized spacial score (nSPS) is 10.6. The summed E-state index contributed by atoms with van der Waals surface area (Å²) in [6.07, 6.45) is 0. The number of nitro groups is 2. The lowest BCUT2D eigenvalue weighted by Crippen LogP contribution is -2.13. The summed E-state index contributed by atoms with van der Waals surface area (Å²) in [6.45, 7) is -0.179. The number of para-hydroxylation sites is 1. The Kier molecular flexibility index (Phi) is 3.55. The molecule has 2 aromatic carbocycles. The first-order valence-corrected chi connectivity index (χ1v) is 6.41. The number of aromatic nitrogens is 3. The molecule has 0 atom stereocenters. The molecule has 0 fully saturated rings. The van der Waals surface area contributed by atoms with Crippen LogP contribution in [0.1, 0.15) is 5.56 Å². The summed E-state index contributed by atoms with van der Waals surface area (Å²) in [4.78, 5) is 26.9. The van der Waals surface area contributed by atoms with Gasteiger partial charge < -0.3 is 4.84 Å². The second kappa shape index (κ2) is 5.67. The van der Waals surface area contributed by atoms with E-state index in [2.05, 4.69) is 10.3 Å². The molecule has 0 unspecified atom stereocenters. The first-order valence-electron chi connectivity index (χ1n) is 6.41. The Morgan fingerprint density at radius 2 is 1.87 bits per heavy atom. The van der Waals surface area contributed by atoms with Crippen LogP contribution in [0.3, 0.4) is 0 Å². The highest BCUT2D eigenvalue weighted by Crippen LogP contribution is 2.24. The van der Waals surface area contributed by atoms with E-state index in [0.717, 1.165) is 10.9 Å². The van der Waals surface area contributed by atoms with Crippen LogP contribution in [0.15, 0.2) is 42.5 Å². The minimum absolute atomic E-state index is 0.179. The maximum Gasteiger partial charge on any atom is 0.283 e. The van der Waals surface area contributed by atoms with Gasteiger partial charge in [0.05, 0.1) is 21.5 Å². The third-order valence-electron chi connectivity index (χ3n) is 3.14. The van der Waals surface area contributed by atoms with E-state index in [4.69, 9.17) is 4.84 Å². The van der Waals surface area contributed by atoms with Gasteiger partial charge in [-0.2, -0.15) is 0 Å². The highest BCUT2D eigenvalue weighted by atomic mass is 16.7. The van der Waals surface area contributed by atoms with Crippen molar-refractivity contribution in [3.05, 3.63) is 68.3 Å². The van der Waals surface area contributed by atoms with E-state index in [-0.39, 0.29) is 23.5 Å². The SMILES string of the molecule is O=[N+]([O-])c1ccc(COn2nnc3ccccc32)c([N+](=O)[O-])c1. The molecule has 1 aromatic heterocycles. The summed E-state index contributed by atoms with van der Waals surface area (Å²) in [5.41, 5.74) is 0.679. The van der Waals surface area contributed by atoms with Crippen molar-refractivity contribution < 1.29 is 14.7 Å². The number of rotatable bonds is 5. The van der Waals surface area contributed by atoms with Crippen LogP contribution >= 0.6 is 0 Å². The Morgan fingerprint density at radius 1 is 1.09 bits per heavy atom. The number of nitro benzene ring substituents is 2. The Bertz CT molecular complexity index is 907. The topological polar surface area (TPSA) is 126 Å². The number of hydrogen-bond donors (Lipinski definition) is 0. The van der Waals surface area contributed by atoms with Crippen molar-refractivity contribution >= 4 is 22.4 Å². The number of nitrogens with zero attached hydrogens (tertiary/aromatic N) is 5. The zero-order chi connectivity index (χ0) is 16.4. The Balaban J connectivity index is 1.88. The molecule has 10 heteroatoms. The molecular weight excluding hydrogens is 306 g/mol. The molecule has 10 nitrogen and oxygen atoms in total. The molecule has 0 N–H and O–H groups in total. The summed E-state index contributed by atoms with van der Waals surface area (Å²) in [6, 6.07) is 10.4. The molecule has 116 valence electrons.